The lowest BCUT2D eigenvalue weighted by molar-refractivity contribution is -0.115. The van der Waals surface area contributed by atoms with E-state index in [2.05, 4.69) is 5.32 Å². The number of anilines is 2. The van der Waals surface area contributed by atoms with Crippen molar-refractivity contribution in [2.45, 2.75) is 19.4 Å². The number of rotatable bonds is 6. The van der Waals surface area contributed by atoms with E-state index in [0.717, 1.165) is 17.5 Å². The van der Waals surface area contributed by atoms with E-state index in [-0.39, 0.29) is 24.2 Å². The summed E-state index contributed by atoms with van der Waals surface area (Å²) in [4.78, 5) is 29.3. The van der Waals surface area contributed by atoms with E-state index < -0.39 is 0 Å². The Bertz CT molecular complexity index is 1050. The quantitative estimate of drug-likeness (QED) is 0.624. The summed E-state index contributed by atoms with van der Waals surface area (Å²) >= 11 is 0. The van der Waals surface area contributed by atoms with E-state index in [1.54, 1.807) is 23.1 Å². The van der Waals surface area contributed by atoms with Gasteiger partial charge in [-0.1, -0.05) is 54.6 Å². The van der Waals surface area contributed by atoms with Crippen molar-refractivity contribution in [1.82, 2.24) is 4.90 Å². The zero-order chi connectivity index (χ0) is 21.6. The highest BCUT2D eigenvalue weighted by atomic mass is 19.1. The van der Waals surface area contributed by atoms with Gasteiger partial charge in [0.15, 0.2) is 0 Å². The Labute approximate surface area is 181 Å². The molecule has 5 nitrogen and oxygen atoms in total. The molecular weight excluding hydrogens is 393 g/mol. The van der Waals surface area contributed by atoms with Crippen LogP contribution in [0.15, 0.2) is 78.9 Å². The van der Waals surface area contributed by atoms with E-state index >= 15 is 0 Å². The number of carbonyl (C=O) groups is 2. The molecule has 1 heterocycles. The average molecular weight is 417 g/mol. The van der Waals surface area contributed by atoms with Crippen molar-refractivity contribution in [3.63, 3.8) is 0 Å². The SMILES string of the molecule is O=C(Cc1ccc(F)cc1)Nc1ccccc1N1CCCN(Cc2ccccc2)C1=O. The molecule has 0 spiro atoms. The molecule has 0 atom stereocenters. The van der Waals surface area contributed by atoms with Crippen molar-refractivity contribution in [3.05, 3.63) is 95.8 Å². The van der Waals surface area contributed by atoms with E-state index in [4.69, 9.17) is 0 Å². The molecule has 1 saturated heterocycles. The average Bonchev–Trinajstić information content (AvgIpc) is 2.78. The number of benzene rings is 3. The summed E-state index contributed by atoms with van der Waals surface area (Å²) in [6.07, 6.45) is 0.971. The monoisotopic (exact) mass is 417 g/mol. The van der Waals surface area contributed by atoms with Gasteiger partial charge >= 0.3 is 6.03 Å². The molecule has 0 unspecified atom stereocenters. The van der Waals surface area contributed by atoms with Crippen molar-refractivity contribution in [2.75, 3.05) is 23.3 Å². The van der Waals surface area contributed by atoms with Crippen LogP contribution in [0.25, 0.3) is 0 Å². The summed E-state index contributed by atoms with van der Waals surface area (Å²) in [6.45, 7) is 1.84. The Morgan fingerprint density at radius 3 is 2.35 bits per heavy atom. The first-order valence-corrected chi connectivity index (χ1v) is 10.3. The topological polar surface area (TPSA) is 52.7 Å². The van der Waals surface area contributed by atoms with Crippen LogP contribution in [0.3, 0.4) is 0 Å². The molecule has 4 rings (SSSR count). The van der Waals surface area contributed by atoms with Crippen LogP contribution in [0, 0.1) is 5.82 Å². The van der Waals surface area contributed by atoms with Crippen molar-refractivity contribution < 1.29 is 14.0 Å². The van der Waals surface area contributed by atoms with Gasteiger partial charge in [0.05, 0.1) is 17.8 Å². The van der Waals surface area contributed by atoms with Crippen molar-refractivity contribution >= 4 is 23.3 Å². The molecule has 0 saturated carbocycles. The maximum Gasteiger partial charge on any atom is 0.324 e. The summed E-state index contributed by atoms with van der Waals surface area (Å²) < 4.78 is 13.1. The number of nitrogens with zero attached hydrogens (tertiary/aromatic N) is 2. The van der Waals surface area contributed by atoms with Gasteiger partial charge in [-0.25, -0.2) is 9.18 Å². The second-order valence-electron chi connectivity index (χ2n) is 7.56. The van der Waals surface area contributed by atoms with Gasteiger partial charge in [-0.3, -0.25) is 9.69 Å². The Hall–Kier alpha value is -3.67. The fourth-order valence-electron chi connectivity index (χ4n) is 3.75. The van der Waals surface area contributed by atoms with Gasteiger partial charge in [-0.05, 0) is 41.8 Å². The second kappa shape index (κ2) is 9.43. The minimum atomic E-state index is -0.335. The van der Waals surface area contributed by atoms with Crippen LogP contribution in [-0.2, 0) is 17.8 Å². The lowest BCUT2D eigenvalue weighted by atomic mass is 10.1. The van der Waals surface area contributed by atoms with Gasteiger partial charge < -0.3 is 10.2 Å². The fraction of sp³-hybridized carbons (Fsp3) is 0.200. The molecule has 0 aliphatic carbocycles. The molecule has 6 heteroatoms. The maximum atomic E-state index is 13.2. The number of halogens is 1. The summed E-state index contributed by atoms with van der Waals surface area (Å²) in [5.41, 5.74) is 3.07. The third-order valence-electron chi connectivity index (χ3n) is 5.27. The van der Waals surface area contributed by atoms with Gasteiger partial charge in [0.25, 0.3) is 0 Å². The van der Waals surface area contributed by atoms with Crippen molar-refractivity contribution in [2.24, 2.45) is 0 Å². The van der Waals surface area contributed by atoms with Crippen LogP contribution < -0.4 is 10.2 Å². The lowest BCUT2D eigenvalue weighted by Crippen LogP contribution is -2.49. The number of hydrogen-bond acceptors (Lipinski definition) is 2. The Morgan fingerprint density at radius 1 is 0.871 bits per heavy atom. The second-order valence-corrected chi connectivity index (χ2v) is 7.56. The minimum Gasteiger partial charge on any atom is -0.324 e. The highest BCUT2D eigenvalue weighted by Gasteiger charge is 2.28. The molecule has 0 bridgehead atoms. The smallest absolute Gasteiger partial charge is 0.324 e. The van der Waals surface area contributed by atoms with Gasteiger partial charge in [0, 0.05) is 19.6 Å². The third-order valence-corrected chi connectivity index (χ3v) is 5.27. The number of carbonyl (C=O) groups excluding carboxylic acids is 2. The number of urea groups is 1. The molecule has 31 heavy (non-hydrogen) atoms. The highest BCUT2D eigenvalue weighted by molar-refractivity contribution is 6.01. The molecule has 0 radical (unpaired) electrons. The number of para-hydroxylation sites is 2. The Morgan fingerprint density at radius 2 is 1.58 bits per heavy atom. The van der Waals surface area contributed by atoms with E-state index in [0.29, 0.717) is 31.0 Å². The molecule has 1 fully saturated rings. The molecular formula is C25H24FN3O2. The third kappa shape index (κ3) is 5.09. The summed E-state index contributed by atoms with van der Waals surface area (Å²) in [5.74, 6) is -0.553. The van der Waals surface area contributed by atoms with Gasteiger partial charge in [0.2, 0.25) is 5.91 Å². The van der Waals surface area contributed by atoms with Crippen LogP contribution in [0.4, 0.5) is 20.6 Å². The van der Waals surface area contributed by atoms with E-state index in [1.807, 2.05) is 53.4 Å². The normalized spacial score (nSPS) is 13.9. The van der Waals surface area contributed by atoms with Gasteiger partial charge in [-0.2, -0.15) is 0 Å². The first-order valence-electron chi connectivity index (χ1n) is 10.3. The maximum absolute atomic E-state index is 13.2. The first-order chi connectivity index (χ1) is 15.1. The number of nitrogens with one attached hydrogen (secondary N) is 1. The molecule has 1 aliphatic rings. The van der Waals surface area contributed by atoms with Crippen LogP contribution in [0.1, 0.15) is 17.5 Å². The first kappa shape index (κ1) is 20.6. The van der Waals surface area contributed by atoms with Gasteiger partial charge in [0.1, 0.15) is 5.82 Å². The van der Waals surface area contributed by atoms with Crippen LogP contribution in [0.5, 0.6) is 0 Å². The lowest BCUT2D eigenvalue weighted by Gasteiger charge is -2.36. The predicted octanol–water partition coefficient (Wildman–Crippen LogP) is 4.84. The van der Waals surface area contributed by atoms with Crippen molar-refractivity contribution in [3.8, 4) is 0 Å². The fourth-order valence-corrected chi connectivity index (χ4v) is 3.75. The van der Waals surface area contributed by atoms with E-state index in [1.165, 1.54) is 12.1 Å². The van der Waals surface area contributed by atoms with Gasteiger partial charge in [-0.15, -0.1) is 0 Å². The largest absolute Gasteiger partial charge is 0.324 e. The minimum absolute atomic E-state index is 0.0738. The number of hydrogen-bond donors (Lipinski definition) is 1. The van der Waals surface area contributed by atoms with E-state index in [9.17, 15) is 14.0 Å². The zero-order valence-corrected chi connectivity index (χ0v) is 17.1. The Kier molecular flexibility index (Phi) is 6.26. The summed E-state index contributed by atoms with van der Waals surface area (Å²) in [5, 5.41) is 2.91. The molecule has 3 aromatic rings. The zero-order valence-electron chi connectivity index (χ0n) is 17.1. The standard InChI is InChI=1S/C25H24FN3O2/c26-21-13-11-19(12-14-21)17-24(30)27-22-9-4-5-10-23(22)29-16-6-15-28(25(29)31)18-20-7-2-1-3-8-20/h1-5,7-14H,6,15-18H2,(H,27,30). The molecule has 3 aromatic carbocycles. The molecule has 158 valence electrons. The van der Waals surface area contributed by atoms with Crippen molar-refractivity contribution in [1.29, 1.82) is 0 Å². The molecule has 1 N–H and O–H groups in total. The Balaban J connectivity index is 1.48. The van der Waals surface area contributed by atoms with Crippen LogP contribution in [0.2, 0.25) is 0 Å². The molecule has 3 amide bonds. The summed E-state index contributed by atoms with van der Waals surface area (Å²) in [7, 11) is 0. The highest BCUT2D eigenvalue weighted by Crippen LogP contribution is 2.29. The molecule has 1 aliphatic heterocycles. The number of amides is 3. The predicted molar refractivity (Wildman–Crippen MR) is 119 cm³/mol. The van der Waals surface area contributed by atoms with Crippen LogP contribution >= 0.6 is 0 Å². The molecule has 0 aromatic heterocycles. The van der Waals surface area contributed by atoms with Crippen LogP contribution in [-0.4, -0.2) is 29.9 Å². The summed E-state index contributed by atoms with van der Waals surface area (Å²) in [6, 6.07) is 23.0.